The molecule has 1 aromatic heterocycles. The van der Waals surface area contributed by atoms with Gasteiger partial charge in [0.05, 0.1) is 24.7 Å². The van der Waals surface area contributed by atoms with E-state index in [0.29, 0.717) is 17.4 Å². The third-order valence-corrected chi connectivity index (χ3v) is 4.45. The third-order valence-electron chi connectivity index (χ3n) is 4.16. The number of ether oxygens (including phenoxy) is 1. The highest BCUT2D eigenvalue weighted by Gasteiger charge is 2.44. The van der Waals surface area contributed by atoms with Gasteiger partial charge in [0.25, 0.3) is 0 Å². The molecule has 2 saturated heterocycles. The summed E-state index contributed by atoms with van der Waals surface area (Å²) in [5.41, 5.74) is 0. The van der Waals surface area contributed by atoms with Crippen molar-refractivity contribution < 1.29 is 9.53 Å². The SMILES string of the molecule is CC(C)n1c(CNC(=O)[C@H]2C[C@H]3CC[C@H]2O3)n[nH]c1=S. The van der Waals surface area contributed by atoms with Crippen molar-refractivity contribution in [1.29, 1.82) is 0 Å². The summed E-state index contributed by atoms with van der Waals surface area (Å²) in [4.78, 5) is 12.2. The predicted molar refractivity (Wildman–Crippen MR) is 75.6 cm³/mol. The molecule has 2 fully saturated rings. The van der Waals surface area contributed by atoms with E-state index < -0.39 is 0 Å². The van der Waals surface area contributed by atoms with Crippen molar-refractivity contribution in [3.63, 3.8) is 0 Å². The van der Waals surface area contributed by atoms with Gasteiger partial charge in [0.2, 0.25) is 5.91 Å². The summed E-state index contributed by atoms with van der Waals surface area (Å²) in [6.45, 7) is 4.48. The minimum Gasteiger partial charge on any atom is -0.374 e. The fourth-order valence-corrected chi connectivity index (χ4v) is 3.57. The molecule has 6 nitrogen and oxygen atoms in total. The van der Waals surface area contributed by atoms with E-state index in [1.54, 1.807) is 0 Å². The first kappa shape index (κ1) is 13.8. The van der Waals surface area contributed by atoms with Gasteiger partial charge in [-0.2, -0.15) is 5.10 Å². The van der Waals surface area contributed by atoms with Crippen molar-refractivity contribution in [3.05, 3.63) is 10.6 Å². The van der Waals surface area contributed by atoms with Gasteiger partial charge in [-0.3, -0.25) is 9.89 Å². The number of carbonyl (C=O) groups is 1. The van der Waals surface area contributed by atoms with Gasteiger partial charge in [-0.1, -0.05) is 0 Å². The molecule has 0 unspecified atom stereocenters. The topological polar surface area (TPSA) is 71.9 Å². The number of amides is 1. The second kappa shape index (κ2) is 5.29. The third kappa shape index (κ3) is 2.40. The zero-order chi connectivity index (χ0) is 14.3. The maximum atomic E-state index is 12.2. The number of aromatic amines is 1. The first-order valence-electron chi connectivity index (χ1n) is 7.15. The lowest BCUT2D eigenvalue weighted by Crippen LogP contribution is -2.36. The Balaban J connectivity index is 1.62. The largest absolute Gasteiger partial charge is 0.374 e. The molecule has 0 spiro atoms. The molecular weight excluding hydrogens is 276 g/mol. The molecule has 0 aromatic carbocycles. The van der Waals surface area contributed by atoms with Crippen LogP contribution in [-0.2, 0) is 16.1 Å². The van der Waals surface area contributed by atoms with Gasteiger partial charge in [0, 0.05) is 6.04 Å². The first-order valence-corrected chi connectivity index (χ1v) is 7.56. The lowest BCUT2D eigenvalue weighted by atomic mass is 9.88. The Hall–Kier alpha value is -1.21. The molecule has 3 heterocycles. The Morgan fingerprint density at radius 1 is 1.60 bits per heavy atom. The van der Waals surface area contributed by atoms with Crippen LogP contribution in [0.3, 0.4) is 0 Å². The fourth-order valence-electron chi connectivity index (χ4n) is 3.21. The molecule has 0 radical (unpaired) electrons. The Kier molecular flexibility index (Phi) is 3.64. The summed E-state index contributed by atoms with van der Waals surface area (Å²) in [6.07, 6.45) is 3.37. The van der Waals surface area contributed by atoms with Crippen molar-refractivity contribution in [1.82, 2.24) is 20.1 Å². The van der Waals surface area contributed by atoms with Crippen LogP contribution in [0.4, 0.5) is 0 Å². The molecule has 1 aromatic rings. The fraction of sp³-hybridized carbons (Fsp3) is 0.769. The highest BCUT2D eigenvalue weighted by molar-refractivity contribution is 7.71. The quantitative estimate of drug-likeness (QED) is 0.830. The number of fused-ring (bicyclic) bond motifs is 2. The minimum absolute atomic E-state index is 0.00293. The lowest BCUT2D eigenvalue weighted by Gasteiger charge is -2.18. The van der Waals surface area contributed by atoms with Crippen LogP contribution in [0.1, 0.15) is 45.0 Å². The van der Waals surface area contributed by atoms with Crippen LogP contribution in [0, 0.1) is 10.7 Å². The highest BCUT2D eigenvalue weighted by atomic mass is 32.1. The number of rotatable bonds is 4. The number of H-pyrrole nitrogens is 1. The molecule has 0 aliphatic carbocycles. The van der Waals surface area contributed by atoms with E-state index in [-0.39, 0.29) is 24.0 Å². The normalized spacial score (nSPS) is 28.2. The molecule has 3 atom stereocenters. The van der Waals surface area contributed by atoms with Crippen LogP contribution in [0.5, 0.6) is 0 Å². The maximum Gasteiger partial charge on any atom is 0.226 e. The average molecular weight is 296 g/mol. The number of carbonyl (C=O) groups excluding carboxylic acids is 1. The minimum atomic E-state index is 0.00293. The van der Waals surface area contributed by atoms with E-state index >= 15 is 0 Å². The van der Waals surface area contributed by atoms with Crippen molar-refractivity contribution in [2.24, 2.45) is 5.92 Å². The van der Waals surface area contributed by atoms with E-state index in [1.807, 2.05) is 18.4 Å². The van der Waals surface area contributed by atoms with Crippen LogP contribution in [0.2, 0.25) is 0 Å². The van der Waals surface area contributed by atoms with E-state index in [2.05, 4.69) is 15.5 Å². The van der Waals surface area contributed by atoms with Gasteiger partial charge in [0.1, 0.15) is 0 Å². The smallest absolute Gasteiger partial charge is 0.226 e. The van der Waals surface area contributed by atoms with Crippen LogP contribution in [0.15, 0.2) is 0 Å². The van der Waals surface area contributed by atoms with E-state index in [4.69, 9.17) is 17.0 Å². The van der Waals surface area contributed by atoms with Gasteiger partial charge in [-0.05, 0) is 45.3 Å². The molecule has 0 saturated carbocycles. The number of hydrogen-bond acceptors (Lipinski definition) is 4. The summed E-state index contributed by atoms with van der Waals surface area (Å²) in [5, 5.41) is 9.93. The molecule has 2 bridgehead atoms. The Labute approximate surface area is 122 Å². The summed E-state index contributed by atoms with van der Waals surface area (Å²) in [7, 11) is 0. The lowest BCUT2D eigenvalue weighted by molar-refractivity contribution is -0.126. The molecule has 2 N–H and O–H groups in total. The second-order valence-electron chi connectivity index (χ2n) is 5.84. The molecular formula is C13H20N4O2S. The first-order chi connectivity index (χ1) is 9.56. The van der Waals surface area contributed by atoms with E-state index in [0.717, 1.165) is 25.1 Å². The van der Waals surface area contributed by atoms with Crippen LogP contribution >= 0.6 is 12.2 Å². The number of nitrogens with one attached hydrogen (secondary N) is 2. The van der Waals surface area contributed by atoms with Crippen molar-refractivity contribution in [3.8, 4) is 0 Å². The van der Waals surface area contributed by atoms with Gasteiger partial charge in [-0.15, -0.1) is 0 Å². The molecule has 110 valence electrons. The van der Waals surface area contributed by atoms with E-state index in [1.165, 1.54) is 0 Å². The number of hydrogen-bond donors (Lipinski definition) is 2. The van der Waals surface area contributed by atoms with Crippen molar-refractivity contribution in [2.45, 2.75) is 57.9 Å². The van der Waals surface area contributed by atoms with Gasteiger partial charge >= 0.3 is 0 Å². The number of nitrogens with zero attached hydrogens (tertiary/aromatic N) is 2. The standard InChI is InChI=1S/C13H20N4O2S/c1-7(2)17-11(15-16-13(17)20)6-14-12(18)9-5-8-3-4-10(9)19-8/h7-10H,3-6H2,1-2H3,(H,14,18)(H,16,20)/t8-,9+,10-/m1/s1. The van der Waals surface area contributed by atoms with Crippen LogP contribution in [0.25, 0.3) is 0 Å². The summed E-state index contributed by atoms with van der Waals surface area (Å²) in [5.74, 6) is 0.840. The Morgan fingerprint density at radius 2 is 2.40 bits per heavy atom. The molecule has 3 rings (SSSR count). The molecule has 20 heavy (non-hydrogen) atoms. The van der Waals surface area contributed by atoms with Gasteiger partial charge in [-0.25, -0.2) is 0 Å². The van der Waals surface area contributed by atoms with Crippen molar-refractivity contribution in [2.75, 3.05) is 0 Å². The number of aromatic nitrogens is 3. The highest BCUT2D eigenvalue weighted by Crippen LogP contribution is 2.38. The molecule has 7 heteroatoms. The van der Waals surface area contributed by atoms with E-state index in [9.17, 15) is 4.79 Å². The van der Waals surface area contributed by atoms with Gasteiger partial charge in [0.15, 0.2) is 10.6 Å². The maximum absolute atomic E-state index is 12.2. The summed E-state index contributed by atoms with van der Waals surface area (Å²) < 4.78 is 8.23. The van der Waals surface area contributed by atoms with Gasteiger partial charge < -0.3 is 14.6 Å². The zero-order valence-electron chi connectivity index (χ0n) is 11.8. The Bertz CT molecular complexity index is 565. The predicted octanol–water partition coefficient (Wildman–Crippen LogP) is 1.71. The molecule has 2 aliphatic rings. The summed E-state index contributed by atoms with van der Waals surface area (Å²) >= 11 is 5.19. The average Bonchev–Trinajstić information content (AvgIpc) is 3.10. The molecule has 1 amide bonds. The summed E-state index contributed by atoms with van der Waals surface area (Å²) in [6, 6.07) is 0.221. The van der Waals surface area contributed by atoms with Crippen molar-refractivity contribution >= 4 is 18.1 Å². The second-order valence-corrected chi connectivity index (χ2v) is 6.23. The zero-order valence-corrected chi connectivity index (χ0v) is 12.6. The van der Waals surface area contributed by atoms with Crippen LogP contribution in [-0.4, -0.2) is 32.9 Å². The molecule has 2 aliphatic heterocycles. The van der Waals surface area contributed by atoms with Crippen LogP contribution < -0.4 is 5.32 Å². The monoisotopic (exact) mass is 296 g/mol. The Morgan fingerprint density at radius 3 is 3.00 bits per heavy atom.